The molecule has 1 amide bonds. The van der Waals surface area contributed by atoms with Gasteiger partial charge in [0.15, 0.2) is 23.1 Å². The number of aromatic nitrogens is 1. The highest BCUT2D eigenvalue weighted by Gasteiger charge is 2.45. The number of hydrogen-bond acceptors (Lipinski definition) is 7. The third-order valence-electron chi connectivity index (χ3n) is 6.15. The van der Waals surface area contributed by atoms with Crippen LogP contribution in [-0.4, -0.2) is 74.1 Å². The van der Waals surface area contributed by atoms with Crippen molar-refractivity contribution in [3.63, 3.8) is 0 Å². The number of nitrogens with zero attached hydrogens (tertiary/aromatic N) is 3. The Labute approximate surface area is 186 Å². The second kappa shape index (κ2) is 9.02. The van der Waals surface area contributed by atoms with Crippen molar-refractivity contribution in [3.05, 3.63) is 29.6 Å². The maximum atomic E-state index is 13.9. The smallest absolute Gasteiger partial charge is 0.261 e. The summed E-state index contributed by atoms with van der Waals surface area (Å²) in [6.07, 6.45) is 1.23. The van der Waals surface area contributed by atoms with Gasteiger partial charge in [-0.15, -0.1) is 12.4 Å². The SMILES string of the molecule is COc1cc(-c2onc(N(C)C)c2C(=O)N2CC[C@@]3(O)CCNC[C@H]3C2)ccc1F.Cl. The number of fused-ring (bicyclic) bond motifs is 1. The van der Waals surface area contributed by atoms with Gasteiger partial charge in [-0.05, 0) is 37.6 Å². The van der Waals surface area contributed by atoms with Crippen LogP contribution >= 0.6 is 12.4 Å². The highest BCUT2D eigenvalue weighted by atomic mass is 35.5. The van der Waals surface area contributed by atoms with Crippen LogP contribution in [0.1, 0.15) is 23.2 Å². The number of aliphatic hydroxyl groups is 1. The average molecular weight is 455 g/mol. The Morgan fingerprint density at radius 1 is 1.42 bits per heavy atom. The minimum atomic E-state index is -0.728. The van der Waals surface area contributed by atoms with Gasteiger partial charge in [-0.25, -0.2) is 4.39 Å². The van der Waals surface area contributed by atoms with Gasteiger partial charge in [0.2, 0.25) is 0 Å². The Hall–Kier alpha value is -2.36. The van der Waals surface area contributed by atoms with E-state index in [2.05, 4.69) is 10.5 Å². The molecule has 170 valence electrons. The van der Waals surface area contributed by atoms with Crippen molar-refractivity contribution in [2.24, 2.45) is 5.92 Å². The van der Waals surface area contributed by atoms with Crippen molar-refractivity contribution >= 4 is 24.1 Å². The van der Waals surface area contributed by atoms with Crippen LogP contribution < -0.4 is 15.0 Å². The number of rotatable bonds is 4. The molecule has 2 aliphatic heterocycles. The molecule has 0 unspecified atom stereocenters. The molecular formula is C21H28ClFN4O4. The van der Waals surface area contributed by atoms with Gasteiger partial charge in [0.1, 0.15) is 5.56 Å². The summed E-state index contributed by atoms with van der Waals surface area (Å²) >= 11 is 0. The fraction of sp³-hybridized carbons (Fsp3) is 0.524. The van der Waals surface area contributed by atoms with Crippen LogP contribution in [0, 0.1) is 11.7 Å². The Morgan fingerprint density at radius 2 is 2.19 bits per heavy atom. The van der Waals surface area contributed by atoms with Crippen LogP contribution in [0.4, 0.5) is 10.2 Å². The summed E-state index contributed by atoms with van der Waals surface area (Å²) < 4.78 is 24.5. The summed E-state index contributed by atoms with van der Waals surface area (Å²) in [5.41, 5.74) is 0.0988. The van der Waals surface area contributed by atoms with E-state index in [0.717, 1.165) is 6.54 Å². The number of piperidine rings is 2. The number of halogens is 2. The van der Waals surface area contributed by atoms with Gasteiger partial charge in [-0.1, -0.05) is 5.16 Å². The molecule has 1 aromatic carbocycles. The van der Waals surface area contributed by atoms with Gasteiger partial charge in [-0.2, -0.15) is 0 Å². The molecule has 0 aliphatic carbocycles. The first-order valence-electron chi connectivity index (χ1n) is 10.1. The number of methoxy groups -OCH3 is 1. The van der Waals surface area contributed by atoms with E-state index in [9.17, 15) is 14.3 Å². The number of nitrogens with one attached hydrogen (secondary N) is 1. The molecule has 31 heavy (non-hydrogen) atoms. The van der Waals surface area contributed by atoms with Crippen molar-refractivity contribution in [1.82, 2.24) is 15.4 Å². The van der Waals surface area contributed by atoms with Gasteiger partial charge >= 0.3 is 0 Å². The molecule has 2 atom stereocenters. The Morgan fingerprint density at radius 3 is 2.90 bits per heavy atom. The molecule has 8 nitrogen and oxygen atoms in total. The van der Waals surface area contributed by atoms with Crippen molar-refractivity contribution in [2.45, 2.75) is 18.4 Å². The quantitative estimate of drug-likeness (QED) is 0.731. The predicted octanol–water partition coefficient (Wildman–Crippen LogP) is 2.16. The third kappa shape index (κ3) is 4.22. The molecule has 2 N–H and O–H groups in total. The molecule has 2 aliphatic rings. The molecule has 0 bridgehead atoms. The Balaban J connectivity index is 0.00000272. The first-order chi connectivity index (χ1) is 14.3. The molecule has 4 rings (SSSR count). The van der Waals surface area contributed by atoms with Crippen LogP contribution in [0.3, 0.4) is 0 Å². The number of carbonyl (C=O) groups excluding carboxylic acids is 1. The topological polar surface area (TPSA) is 91.1 Å². The Bertz CT molecular complexity index is 953. The van der Waals surface area contributed by atoms with E-state index in [1.54, 1.807) is 23.9 Å². The summed E-state index contributed by atoms with van der Waals surface area (Å²) in [5.74, 6) is -0.0102. The Kier molecular flexibility index (Phi) is 6.78. The summed E-state index contributed by atoms with van der Waals surface area (Å²) in [5, 5.41) is 18.3. The van der Waals surface area contributed by atoms with Crippen molar-refractivity contribution in [2.75, 3.05) is 52.3 Å². The van der Waals surface area contributed by atoms with Gasteiger partial charge in [0.05, 0.1) is 12.7 Å². The fourth-order valence-electron chi connectivity index (χ4n) is 4.35. The van der Waals surface area contributed by atoms with Crippen LogP contribution in [0.15, 0.2) is 22.7 Å². The lowest BCUT2D eigenvalue weighted by molar-refractivity contribution is -0.0817. The molecular weight excluding hydrogens is 427 g/mol. The third-order valence-corrected chi connectivity index (χ3v) is 6.15. The second-order valence-electron chi connectivity index (χ2n) is 8.21. The van der Waals surface area contributed by atoms with Crippen LogP contribution in [0.5, 0.6) is 5.75 Å². The molecule has 2 saturated heterocycles. The summed E-state index contributed by atoms with van der Waals surface area (Å²) in [6.45, 7) is 2.36. The van der Waals surface area contributed by atoms with Gasteiger partial charge < -0.3 is 29.5 Å². The molecule has 2 aromatic rings. The minimum Gasteiger partial charge on any atom is -0.494 e. The maximum Gasteiger partial charge on any atom is 0.261 e. The summed E-state index contributed by atoms with van der Waals surface area (Å²) in [7, 11) is 4.94. The number of carbonyl (C=O) groups is 1. The molecule has 3 heterocycles. The molecule has 10 heteroatoms. The monoisotopic (exact) mass is 454 g/mol. The zero-order valence-electron chi connectivity index (χ0n) is 17.9. The standard InChI is InChI=1S/C21H27FN4O4.ClH/c1-25(2)19-17(18(30-24-19)13-4-5-15(22)16(10-13)29-3)20(27)26-9-7-21(28)6-8-23-11-14(21)12-26;/h4-5,10,14,23,28H,6-9,11-12H2,1-3H3;1H/t14-,21-;/m0./s1. The number of amides is 1. The predicted molar refractivity (Wildman–Crippen MR) is 116 cm³/mol. The van der Waals surface area contributed by atoms with Crippen molar-refractivity contribution in [1.29, 1.82) is 0 Å². The summed E-state index contributed by atoms with van der Waals surface area (Å²) in [6, 6.07) is 4.30. The van der Waals surface area contributed by atoms with E-state index < -0.39 is 11.4 Å². The zero-order chi connectivity index (χ0) is 21.5. The van der Waals surface area contributed by atoms with E-state index in [4.69, 9.17) is 9.26 Å². The van der Waals surface area contributed by atoms with Crippen molar-refractivity contribution in [3.8, 4) is 17.1 Å². The maximum absolute atomic E-state index is 13.9. The van der Waals surface area contributed by atoms with Crippen LogP contribution in [-0.2, 0) is 0 Å². The first kappa shape index (κ1) is 23.3. The number of benzene rings is 1. The van der Waals surface area contributed by atoms with Gasteiger partial charge in [-0.3, -0.25) is 4.79 Å². The molecule has 0 saturated carbocycles. The lowest BCUT2D eigenvalue weighted by Crippen LogP contribution is -2.59. The highest BCUT2D eigenvalue weighted by molar-refractivity contribution is 6.04. The van der Waals surface area contributed by atoms with E-state index in [1.165, 1.54) is 25.3 Å². The van der Waals surface area contributed by atoms with Crippen LogP contribution in [0.25, 0.3) is 11.3 Å². The number of ether oxygens (including phenoxy) is 1. The number of likely N-dealkylation sites (tertiary alicyclic amines) is 1. The zero-order valence-corrected chi connectivity index (χ0v) is 18.7. The molecule has 0 radical (unpaired) electrons. The van der Waals surface area contributed by atoms with E-state index in [-0.39, 0.29) is 35.7 Å². The van der Waals surface area contributed by atoms with Crippen molar-refractivity contribution < 1.29 is 23.6 Å². The molecule has 2 fully saturated rings. The van der Waals surface area contributed by atoms with Gasteiger partial charge in [0, 0.05) is 45.2 Å². The normalized spacial score (nSPS) is 23.0. The van der Waals surface area contributed by atoms with Crippen LogP contribution in [0.2, 0.25) is 0 Å². The minimum absolute atomic E-state index is 0. The lowest BCUT2D eigenvalue weighted by atomic mass is 9.76. The van der Waals surface area contributed by atoms with E-state index >= 15 is 0 Å². The lowest BCUT2D eigenvalue weighted by Gasteiger charge is -2.47. The molecule has 1 aromatic heterocycles. The highest BCUT2D eigenvalue weighted by Crippen LogP contribution is 2.37. The van der Waals surface area contributed by atoms with Gasteiger partial charge in [0.25, 0.3) is 5.91 Å². The number of anilines is 1. The van der Waals surface area contributed by atoms with E-state index in [1.807, 2.05) is 0 Å². The number of hydrogen-bond donors (Lipinski definition) is 2. The fourth-order valence-corrected chi connectivity index (χ4v) is 4.35. The largest absolute Gasteiger partial charge is 0.494 e. The molecule has 0 spiro atoms. The summed E-state index contributed by atoms with van der Waals surface area (Å²) in [4.78, 5) is 17.0. The van der Waals surface area contributed by atoms with E-state index in [0.29, 0.717) is 49.4 Å². The second-order valence-corrected chi connectivity index (χ2v) is 8.21. The average Bonchev–Trinajstić information content (AvgIpc) is 3.18. The first-order valence-corrected chi connectivity index (χ1v) is 10.1.